The first-order chi connectivity index (χ1) is 34.2. The predicted molar refractivity (Wildman–Crippen MR) is 285 cm³/mol. The largest absolute Gasteiger partial charge is 0.455 e. The maximum absolute atomic E-state index is 7.18. The maximum atomic E-state index is 7.18. The fraction of sp³-hybridized carbons (Fsp3) is 0. The number of rotatable bonds is 7. The molecule has 5 nitrogen and oxygen atoms in total. The molecule has 0 unspecified atom stereocenters. The van der Waals surface area contributed by atoms with Gasteiger partial charge in [0.25, 0.3) is 0 Å². The second-order valence-corrected chi connectivity index (χ2v) is 17.7. The molecule has 0 aliphatic heterocycles. The first kappa shape index (κ1) is 38.9. The van der Waals surface area contributed by atoms with Crippen molar-refractivity contribution in [1.82, 2.24) is 19.1 Å². The summed E-state index contributed by atoms with van der Waals surface area (Å²) in [6.07, 6.45) is 0. The zero-order chi connectivity index (χ0) is 45.4. The summed E-state index contributed by atoms with van der Waals surface area (Å²) in [6, 6.07) is 86.1. The highest BCUT2D eigenvalue weighted by Crippen LogP contribution is 2.47. The van der Waals surface area contributed by atoms with E-state index in [1.807, 2.05) is 24.3 Å². The van der Waals surface area contributed by atoms with Gasteiger partial charge in [-0.05, 0) is 71.8 Å². The van der Waals surface area contributed by atoms with E-state index in [2.05, 4.69) is 228 Å². The first-order valence-corrected chi connectivity index (χ1v) is 23.4. The highest BCUT2D eigenvalue weighted by molar-refractivity contribution is 6.26. The average Bonchev–Trinajstić information content (AvgIpc) is 4.08. The lowest BCUT2D eigenvalue weighted by Crippen LogP contribution is -2.02. The van der Waals surface area contributed by atoms with Crippen LogP contribution in [0.1, 0.15) is 0 Å². The first-order valence-electron chi connectivity index (χ1n) is 23.4. The third-order valence-electron chi connectivity index (χ3n) is 13.7. The molecule has 0 amide bonds. The summed E-state index contributed by atoms with van der Waals surface area (Å²) in [4.78, 5) is 10.5. The number of nitrogens with zero attached hydrogens (tertiary/aromatic N) is 4. The molecule has 0 N–H and O–H groups in total. The molecule has 4 aromatic heterocycles. The van der Waals surface area contributed by atoms with Crippen LogP contribution in [-0.4, -0.2) is 19.1 Å². The molecule has 0 radical (unpaired) electrons. The van der Waals surface area contributed by atoms with E-state index in [1.54, 1.807) is 0 Å². The Morgan fingerprint density at radius 1 is 0.319 bits per heavy atom. The van der Waals surface area contributed by atoms with E-state index < -0.39 is 0 Å². The fourth-order valence-corrected chi connectivity index (χ4v) is 10.6. The number of hydrogen-bond acceptors (Lipinski definition) is 3. The Labute approximate surface area is 397 Å². The van der Waals surface area contributed by atoms with Crippen LogP contribution >= 0.6 is 0 Å². The third-order valence-corrected chi connectivity index (χ3v) is 13.7. The summed E-state index contributed by atoms with van der Waals surface area (Å²) in [5.41, 5.74) is 17.4. The van der Waals surface area contributed by atoms with Gasteiger partial charge in [0.05, 0.1) is 44.5 Å². The Morgan fingerprint density at radius 3 is 1.48 bits per heavy atom. The van der Waals surface area contributed by atoms with Crippen molar-refractivity contribution in [3.63, 3.8) is 0 Å². The molecule has 14 rings (SSSR count). The average molecular weight is 881 g/mol. The van der Waals surface area contributed by atoms with Crippen molar-refractivity contribution in [3.05, 3.63) is 243 Å². The summed E-state index contributed by atoms with van der Waals surface area (Å²) >= 11 is 0. The second kappa shape index (κ2) is 15.7. The molecule has 0 spiro atoms. The van der Waals surface area contributed by atoms with E-state index in [-0.39, 0.29) is 0 Å². The lowest BCUT2D eigenvalue weighted by atomic mass is 9.91. The number of fused-ring (bicyclic) bond motifs is 10. The van der Waals surface area contributed by atoms with Gasteiger partial charge >= 0.3 is 0 Å². The van der Waals surface area contributed by atoms with Crippen LogP contribution in [-0.2, 0) is 0 Å². The summed E-state index contributed by atoms with van der Waals surface area (Å²) in [7, 11) is 0. The molecular formula is C64H40N4O. The van der Waals surface area contributed by atoms with E-state index in [4.69, 9.17) is 14.4 Å². The molecule has 10 aromatic carbocycles. The van der Waals surface area contributed by atoms with Crippen LogP contribution in [0.15, 0.2) is 247 Å². The minimum atomic E-state index is 0.679. The SMILES string of the molecule is c1ccc(-c2cc(-c3cc(-c4ccccc4)c(-n4c5ccccc5c5c6oc7cc8c(cc7c6ccc54)c4ccccc4n8-c4ccccc4)c(-c4ccccc4)c3)nc(-c3ccccc3)n2)cc1. The van der Waals surface area contributed by atoms with Gasteiger partial charge in [0, 0.05) is 66.5 Å². The standard InChI is InChI=1S/C64H40N4O/c1-6-20-41(21-7-1)50-36-45(55-39-54(43-24-10-3-11-25-43)65-64(66-55)44-26-12-4-13-27-44)37-51(42-22-8-2-9-23-42)62(50)68-57-33-19-17-31-49(57)61-58(68)35-34-48-53-38-52-47-30-16-18-32-56(47)67(46-28-14-5-15-29-46)59(52)40-60(53)69-63(48)61/h1-40H. The van der Waals surface area contributed by atoms with Crippen LogP contribution in [0.2, 0.25) is 0 Å². The molecule has 4 heterocycles. The number of aromatic nitrogens is 4. The Bertz CT molecular complexity index is 4150. The number of para-hydroxylation sites is 3. The van der Waals surface area contributed by atoms with Gasteiger partial charge in [0.15, 0.2) is 5.82 Å². The smallest absolute Gasteiger partial charge is 0.160 e. The van der Waals surface area contributed by atoms with Gasteiger partial charge in [-0.2, -0.15) is 0 Å². The Morgan fingerprint density at radius 2 is 0.841 bits per heavy atom. The van der Waals surface area contributed by atoms with E-state index in [1.165, 1.54) is 16.3 Å². The van der Waals surface area contributed by atoms with Crippen molar-refractivity contribution in [1.29, 1.82) is 0 Å². The fourth-order valence-electron chi connectivity index (χ4n) is 10.6. The summed E-state index contributed by atoms with van der Waals surface area (Å²) < 4.78 is 12.0. The van der Waals surface area contributed by atoms with Gasteiger partial charge in [-0.25, -0.2) is 9.97 Å². The number of furan rings is 1. The van der Waals surface area contributed by atoms with E-state index >= 15 is 0 Å². The summed E-state index contributed by atoms with van der Waals surface area (Å²) in [5, 5.41) is 6.80. The Kier molecular flexibility index (Phi) is 8.83. The van der Waals surface area contributed by atoms with Crippen LogP contribution in [0.5, 0.6) is 0 Å². The molecule has 14 aromatic rings. The van der Waals surface area contributed by atoms with Gasteiger partial charge < -0.3 is 13.6 Å². The number of benzene rings is 10. The van der Waals surface area contributed by atoms with Crippen LogP contribution in [0.4, 0.5) is 0 Å². The van der Waals surface area contributed by atoms with Crippen molar-refractivity contribution in [2.75, 3.05) is 0 Å². The number of hydrogen-bond donors (Lipinski definition) is 0. The molecule has 0 aliphatic rings. The highest BCUT2D eigenvalue weighted by atomic mass is 16.3. The normalized spacial score (nSPS) is 11.8. The summed E-state index contributed by atoms with van der Waals surface area (Å²) in [5.74, 6) is 0.679. The van der Waals surface area contributed by atoms with Crippen molar-refractivity contribution in [2.24, 2.45) is 0 Å². The van der Waals surface area contributed by atoms with Crippen LogP contribution < -0.4 is 0 Å². The van der Waals surface area contributed by atoms with Crippen molar-refractivity contribution >= 4 is 65.6 Å². The topological polar surface area (TPSA) is 48.8 Å². The Balaban J connectivity index is 1.06. The molecule has 0 fully saturated rings. The van der Waals surface area contributed by atoms with Crippen LogP contribution in [0, 0.1) is 0 Å². The molecule has 322 valence electrons. The van der Waals surface area contributed by atoms with Gasteiger partial charge in [-0.15, -0.1) is 0 Å². The molecule has 0 saturated heterocycles. The van der Waals surface area contributed by atoms with Gasteiger partial charge in [0.2, 0.25) is 0 Å². The lowest BCUT2D eigenvalue weighted by Gasteiger charge is -2.21. The van der Waals surface area contributed by atoms with Gasteiger partial charge in [-0.3, -0.25) is 0 Å². The zero-order valence-corrected chi connectivity index (χ0v) is 37.3. The van der Waals surface area contributed by atoms with Crippen molar-refractivity contribution < 1.29 is 4.42 Å². The lowest BCUT2D eigenvalue weighted by molar-refractivity contribution is 0.673. The molecule has 0 bridgehead atoms. The minimum absolute atomic E-state index is 0.679. The molecule has 69 heavy (non-hydrogen) atoms. The predicted octanol–water partition coefficient (Wildman–Crippen LogP) is 16.9. The minimum Gasteiger partial charge on any atom is -0.455 e. The Hall–Kier alpha value is -9.32. The molecular weight excluding hydrogens is 841 g/mol. The monoisotopic (exact) mass is 880 g/mol. The molecule has 0 saturated carbocycles. The quantitative estimate of drug-likeness (QED) is 0.160. The molecule has 0 atom stereocenters. The van der Waals surface area contributed by atoms with Crippen molar-refractivity contribution in [2.45, 2.75) is 0 Å². The maximum Gasteiger partial charge on any atom is 0.160 e. The van der Waals surface area contributed by atoms with Gasteiger partial charge in [0.1, 0.15) is 11.2 Å². The van der Waals surface area contributed by atoms with Gasteiger partial charge in [-0.1, -0.05) is 176 Å². The molecule has 0 aliphatic carbocycles. The van der Waals surface area contributed by atoms with Crippen LogP contribution in [0.3, 0.4) is 0 Å². The van der Waals surface area contributed by atoms with E-state index in [9.17, 15) is 0 Å². The van der Waals surface area contributed by atoms with Crippen molar-refractivity contribution in [3.8, 4) is 67.5 Å². The summed E-state index contributed by atoms with van der Waals surface area (Å²) in [6.45, 7) is 0. The second-order valence-electron chi connectivity index (χ2n) is 17.7. The van der Waals surface area contributed by atoms with E-state index in [0.717, 1.165) is 111 Å². The van der Waals surface area contributed by atoms with E-state index in [0.29, 0.717) is 5.82 Å². The highest BCUT2D eigenvalue weighted by Gasteiger charge is 2.25. The van der Waals surface area contributed by atoms with Crippen LogP contribution in [0.25, 0.3) is 133 Å². The zero-order valence-electron chi connectivity index (χ0n) is 37.3. The molecule has 5 heteroatoms. The third kappa shape index (κ3) is 6.25.